The van der Waals surface area contributed by atoms with Crippen molar-refractivity contribution in [3.63, 3.8) is 0 Å². The lowest BCUT2D eigenvalue weighted by molar-refractivity contribution is -0.146. The first-order chi connectivity index (χ1) is 9.97. The normalized spacial score (nSPS) is 20.3. The van der Waals surface area contributed by atoms with Gasteiger partial charge >= 0.3 is 5.97 Å². The average molecular weight is 296 g/mol. The molecule has 1 aliphatic heterocycles. The predicted molar refractivity (Wildman–Crippen MR) is 81.0 cm³/mol. The Morgan fingerprint density at radius 1 is 1.19 bits per heavy atom. The molecule has 1 amide bonds. The molecule has 0 spiro atoms. The molecule has 1 heterocycles. The number of rotatable bonds is 7. The van der Waals surface area contributed by atoms with E-state index in [-0.39, 0.29) is 11.8 Å². The van der Waals surface area contributed by atoms with Crippen molar-refractivity contribution >= 4 is 11.9 Å². The smallest absolute Gasteiger partial charge is 0.306 e. The summed E-state index contributed by atoms with van der Waals surface area (Å²) in [6.07, 6.45) is 4.75. The zero-order chi connectivity index (χ0) is 15.4. The third kappa shape index (κ3) is 4.99. The molecule has 1 N–H and O–H groups in total. The van der Waals surface area contributed by atoms with Crippen LogP contribution < -0.4 is 0 Å². The summed E-state index contributed by atoms with van der Waals surface area (Å²) in [4.78, 5) is 27.5. The number of amides is 1. The van der Waals surface area contributed by atoms with Crippen molar-refractivity contribution in [2.45, 2.75) is 52.0 Å². The Hall–Kier alpha value is -1.10. The van der Waals surface area contributed by atoms with Crippen LogP contribution in [-0.4, -0.2) is 59.0 Å². The lowest BCUT2D eigenvalue weighted by atomic mass is 9.97. The number of hydrogen-bond donors (Lipinski definition) is 1. The number of aliphatic carboxylic acids is 1. The first kappa shape index (κ1) is 16.3. The van der Waals surface area contributed by atoms with Gasteiger partial charge in [-0.05, 0) is 44.6 Å². The quantitative estimate of drug-likeness (QED) is 0.778. The molecule has 21 heavy (non-hydrogen) atoms. The molecule has 0 radical (unpaired) electrons. The monoisotopic (exact) mass is 296 g/mol. The van der Waals surface area contributed by atoms with E-state index in [1.165, 1.54) is 12.8 Å². The van der Waals surface area contributed by atoms with Gasteiger partial charge in [-0.2, -0.15) is 0 Å². The predicted octanol–water partition coefficient (Wildman–Crippen LogP) is 1.82. The molecule has 2 rings (SSSR count). The van der Waals surface area contributed by atoms with Gasteiger partial charge in [-0.25, -0.2) is 0 Å². The van der Waals surface area contributed by atoms with Crippen LogP contribution in [0.25, 0.3) is 0 Å². The fourth-order valence-electron chi connectivity index (χ4n) is 2.90. The van der Waals surface area contributed by atoms with E-state index in [4.69, 9.17) is 5.11 Å². The Morgan fingerprint density at radius 3 is 2.29 bits per heavy atom. The highest BCUT2D eigenvalue weighted by atomic mass is 16.4. The van der Waals surface area contributed by atoms with Crippen molar-refractivity contribution in [3.8, 4) is 0 Å². The van der Waals surface area contributed by atoms with E-state index >= 15 is 0 Å². The molecule has 0 aromatic carbocycles. The fraction of sp³-hybridized carbons (Fsp3) is 0.875. The standard InChI is InChI=1S/C16H28N2O3/c1-12(2)5-8-18(14-3-4-14)11-15(19)17-9-6-13(7-10-17)16(20)21/h12-14H,3-11H2,1-2H3,(H,20,21). The van der Waals surface area contributed by atoms with Gasteiger partial charge in [-0.15, -0.1) is 0 Å². The molecule has 1 saturated heterocycles. The summed E-state index contributed by atoms with van der Waals surface area (Å²) < 4.78 is 0. The second-order valence-electron chi connectivity index (χ2n) is 6.88. The first-order valence-electron chi connectivity index (χ1n) is 8.22. The lowest BCUT2D eigenvalue weighted by Crippen LogP contribution is -2.46. The summed E-state index contributed by atoms with van der Waals surface area (Å²) in [5.74, 6) is -0.157. The summed E-state index contributed by atoms with van der Waals surface area (Å²) in [6.45, 7) is 7.12. The highest BCUT2D eigenvalue weighted by Crippen LogP contribution is 2.27. The van der Waals surface area contributed by atoms with E-state index in [0.717, 1.165) is 13.0 Å². The van der Waals surface area contributed by atoms with Gasteiger partial charge in [0.25, 0.3) is 0 Å². The second-order valence-corrected chi connectivity index (χ2v) is 6.88. The molecule has 2 fully saturated rings. The molecule has 1 saturated carbocycles. The van der Waals surface area contributed by atoms with Crippen LogP contribution in [0.2, 0.25) is 0 Å². The van der Waals surface area contributed by atoms with Gasteiger partial charge in [-0.1, -0.05) is 13.8 Å². The number of piperidine rings is 1. The number of carboxylic acid groups (broad SMARTS) is 1. The molecule has 5 heteroatoms. The molecule has 1 aliphatic carbocycles. The highest BCUT2D eigenvalue weighted by molar-refractivity contribution is 5.79. The van der Waals surface area contributed by atoms with Crippen molar-refractivity contribution in [1.82, 2.24) is 9.80 Å². The van der Waals surface area contributed by atoms with Crippen LogP contribution in [0.15, 0.2) is 0 Å². The molecule has 0 atom stereocenters. The Kier molecular flexibility index (Phi) is 5.62. The van der Waals surface area contributed by atoms with E-state index in [9.17, 15) is 9.59 Å². The number of carboxylic acids is 1. The van der Waals surface area contributed by atoms with Crippen LogP contribution in [0.5, 0.6) is 0 Å². The van der Waals surface area contributed by atoms with E-state index in [0.29, 0.717) is 44.4 Å². The zero-order valence-electron chi connectivity index (χ0n) is 13.3. The van der Waals surface area contributed by atoms with E-state index in [1.807, 2.05) is 4.90 Å². The van der Waals surface area contributed by atoms with Gasteiger partial charge in [0, 0.05) is 19.1 Å². The number of carbonyl (C=O) groups is 2. The third-order valence-electron chi connectivity index (χ3n) is 4.59. The molecular formula is C16H28N2O3. The van der Waals surface area contributed by atoms with Crippen molar-refractivity contribution in [2.75, 3.05) is 26.2 Å². The van der Waals surface area contributed by atoms with Gasteiger partial charge in [0.2, 0.25) is 5.91 Å². The van der Waals surface area contributed by atoms with Crippen LogP contribution in [0, 0.1) is 11.8 Å². The number of hydrogen-bond acceptors (Lipinski definition) is 3. The number of likely N-dealkylation sites (tertiary alicyclic amines) is 1. The Morgan fingerprint density at radius 2 is 1.81 bits per heavy atom. The van der Waals surface area contributed by atoms with E-state index in [1.54, 1.807) is 0 Å². The minimum absolute atomic E-state index is 0.175. The molecule has 120 valence electrons. The highest BCUT2D eigenvalue weighted by Gasteiger charge is 2.32. The van der Waals surface area contributed by atoms with Gasteiger partial charge in [-0.3, -0.25) is 14.5 Å². The summed E-state index contributed by atoms with van der Waals surface area (Å²) in [5.41, 5.74) is 0. The second kappa shape index (κ2) is 7.25. The Bertz CT molecular complexity index is 372. The Labute approximate surface area is 127 Å². The zero-order valence-corrected chi connectivity index (χ0v) is 13.3. The van der Waals surface area contributed by atoms with E-state index < -0.39 is 5.97 Å². The minimum Gasteiger partial charge on any atom is -0.481 e. The van der Waals surface area contributed by atoms with Crippen molar-refractivity contribution in [1.29, 1.82) is 0 Å². The maximum atomic E-state index is 12.4. The van der Waals surface area contributed by atoms with Crippen LogP contribution in [0.1, 0.15) is 46.0 Å². The average Bonchev–Trinajstić information content (AvgIpc) is 3.27. The van der Waals surface area contributed by atoms with Gasteiger partial charge in [0.05, 0.1) is 12.5 Å². The first-order valence-corrected chi connectivity index (χ1v) is 8.22. The SMILES string of the molecule is CC(C)CCN(CC(=O)N1CCC(C(=O)O)CC1)C1CC1. The van der Waals surface area contributed by atoms with Crippen LogP contribution in [0.4, 0.5) is 0 Å². The molecule has 0 aromatic heterocycles. The largest absolute Gasteiger partial charge is 0.481 e. The molecule has 0 bridgehead atoms. The summed E-state index contributed by atoms with van der Waals surface area (Å²) in [5, 5.41) is 9.00. The number of nitrogens with zero attached hydrogens (tertiary/aromatic N) is 2. The summed E-state index contributed by atoms with van der Waals surface area (Å²) in [7, 11) is 0. The minimum atomic E-state index is -0.723. The maximum absolute atomic E-state index is 12.4. The van der Waals surface area contributed by atoms with Gasteiger partial charge in [0.1, 0.15) is 0 Å². The topological polar surface area (TPSA) is 60.9 Å². The van der Waals surface area contributed by atoms with Crippen molar-refractivity contribution < 1.29 is 14.7 Å². The maximum Gasteiger partial charge on any atom is 0.306 e. The lowest BCUT2D eigenvalue weighted by Gasteiger charge is -2.32. The molecule has 5 nitrogen and oxygen atoms in total. The Balaban J connectivity index is 1.78. The molecular weight excluding hydrogens is 268 g/mol. The van der Waals surface area contributed by atoms with Crippen LogP contribution in [0.3, 0.4) is 0 Å². The third-order valence-corrected chi connectivity index (χ3v) is 4.59. The molecule has 0 unspecified atom stereocenters. The van der Waals surface area contributed by atoms with E-state index in [2.05, 4.69) is 18.7 Å². The summed E-state index contributed by atoms with van der Waals surface area (Å²) in [6, 6.07) is 0.601. The molecule has 0 aromatic rings. The van der Waals surface area contributed by atoms with Crippen molar-refractivity contribution in [3.05, 3.63) is 0 Å². The van der Waals surface area contributed by atoms with Crippen molar-refractivity contribution in [2.24, 2.45) is 11.8 Å². The fourth-order valence-corrected chi connectivity index (χ4v) is 2.90. The summed E-state index contributed by atoms with van der Waals surface area (Å²) >= 11 is 0. The van der Waals surface area contributed by atoms with Crippen LogP contribution >= 0.6 is 0 Å². The van der Waals surface area contributed by atoms with Gasteiger partial charge in [0.15, 0.2) is 0 Å². The van der Waals surface area contributed by atoms with Crippen LogP contribution in [-0.2, 0) is 9.59 Å². The number of carbonyl (C=O) groups excluding carboxylic acids is 1. The van der Waals surface area contributed by atoms with Gasteiger partial charge < -0.3 is 10.0 Å². The molecule has 2 aliphatic rings.